The van der Waals surface area contributed by atoms with E-state index in [1.54, 1.807) is 6.07 Å². The molecule has 0 radical (unpaired) electrons. The highest BCUT2D eigenvalue weighted by Crippen LogP contribution is 2.31. The fraction of sp³-hybridized carbons (Fsp3) is 0.333. The summed E-state index contributed by atoms with van der Waals surface area (Å²) in [6.45, 7) is 6.79. The molecule has 0 aromatic heterocycles. The maximum Gasteiger partial charge on any atom is 0.146 e. The van der Waals surface area contributed by atoms with Gasteiger partial charge in [-0.05, 0) is 51.0 Å². The van der Waals surface area contributed by atoms with E-state index in [1.807, 2.05) is 30.9 Å². The van der Waals surface area contributed by atoms with Crippen LogP contribution in [0.3, 0.4) is 0 Å². The molecule has 0 saturated heterocycles. The Morgan fingerprint density at radius 1 is 1.14 bits per heavy atom. The van der Waals surface area contributed by atoms with Gasteiger partial charge in [-0.3, -0.25) is 0 Å². The van der Waals surface area contributed by atoms with Crippen LogP contribution >= 0.6 is 0 Å². The predicted molar refractivity (Wildman–Crippen MR) is 87.6 cm³/mol. The summed E-state index contributed by atoms with van der Waals surface area (Å²) >= 11 is 0. The normalized spacial score (nSPS) is 12.2. The molecule has 0 amide bonds. The number of hydrogen-bond acceptors (Lipinski definition) is 2. The Kier molecular flexibility index (Phi) is 4.97. The Balaban J connectivity index is 2.50. The van der Waals surface area contributed by atoms with E-state index < -0.39 is 0 Å². The number of anilines is 2. The first-order chi connectivity index (χ1) is 10.0. The Hall–Kier alpha value is -1.87. The molecular weight excluding hydrogens is 263 g/mol. The Morgan fingerprint density at radius 3 is 2.48 bits per heavy atom. The van der Waals surface area contributed by atoms with Crippen LogP contribution in [0.2, 0.25) is 0 Å². The Labute approximate surface area is 126 Å². The standard InChI is InChI=1S/C18H23FN2/c1-4-21(18-8-6-5-7-16(18)19)17-10-9-13(2)11-15(17)12-14(3)20/h5-11,14H,4,12,20H2,1-3H3. The molecule has 0 aliphatic heterocycles. The van der Waals surface area contributed by atoms with Crippen LogP contribution in [0.5, 0.6) is 0 Å². The molecule has 0 aliphatic carbocycles. The predicted octanol–water partition coefficient (Wildman–Crippen LogP) is 4.18. The maximum atomic E-state index is 14.1. The van der Waals surface area contributed by atoms with E-state index >= 15 is 0 Å². The maximum absolute atomic E-state index is 14.1. The summed E-state index contributed by atoms with van der Waals surface area (Å²) in [4.78, 5) is 2.01. The smallest absolute Gasteiger partial charge is 0.146 e. The van der Waals surface area contributed by atoms with Crippen LogP contribution in [-0.4, -0.2) is 12.6 Å². The van der Waals surface area contributed by atoms with Gasteiger partial charge in [0.15, 0.2) is 0 Å². The van der Waals surface area contributed by atoms with Crippen molar-refractivity contribution in [2.75, 3.05) is 11.4 Å². The minimum atomic E-state index is -0.202. The lowest BCUT2D eigenvalue weighted by Crippen LogP contribution is -2.23. The summed E-state index contributed by atoms with van der Waals surface area (Å²) < 4.78 is 14.1. The second kappa shape index (κ2) is 6.72. The zero-order valence-electron chi connectivity index (χ0n) is 12.9. The van der Waals surface area contributed by atoms with Crippen LogP contribution in [0.25, 0.3) is 0 Å². The Morgan fingerprint density at radius 2 is 1.86 bits per heavy atom. The van der Waals surface area contributed by atoms with E-state index in [2.05, 4.69) is 25.1 Å². The minimum Gasteiger partial charge on any atom is -0.339 e. The number of nitrogens with two attached hydrogens (primary N) is 1. The van der Waals surface area contributed by atoms with E-state index in [0.717, 1.165) is 17.7 Å². The van der Waals surface area contributed by atoms with Gasteiger partial charge in [0.2, 0.25) is 0 Å². The highest BCUT2D eigenvalue weighted by atomic mass is 19.1. The van der Waals surface area contributed by atoms with Gasteiger partial charge in [0.05, 0.1) is 5.69 Å². The average molecular weight is 286 g/mol. The molecule has 0 saturated carbocycles. The molecule has 0 bridgehead atoms. The first kappa shape index (κ1) is 15.5. The number of nitrogens with zero attached hydrogens (tertiary/aromatic N) is 1. The SMILES string of the molecule is CCN(c1ccccc1F)c1ccc(C)cc1CC(C)N. The topological polar surface area (TPSA) is 29.3 Å². The number of rotatable bonds is 5. The number of halogens is 1. The van der Waals surface area contributed by atoms with E-state index in [1.165, 1.54) is 11.6 Å². The zero-order chi connectivity index (χ0) is 15.4. The van der Waals surface area contributed by atoms with Crippen LogP contribution in [0.4, 0.5) is 15.8 Å². The minimum absolute atomic E-state index is 0.0740. The molecule has 2 aromatic rings. The van der Waals surface area contributed by atoms with E-state index in [-0.39, 0.29) is 11.9 Å². The summed E-state index contributed by atoms with van der Waals surface area (Å²) in [6, 6.07) is 13.2. The summed E-state index contributed by atoms with van der Waals surface area (Å²) in [5.74, 6) is -0.202. The van der Waals surface area contributed by atoms with Crippen LogP contribution in [0.15, 0.2) is 42.5 Å². The fourth-order valence-corrected chi connectivity index (χ4v) is 2.63. The first-order valence-corrected chi connectivity index (χ1v) is 7.40. The van der Waals surface area contributed by atoms with Crippen molar-refractivity contribution in [2.24, 2.45) is 5.73 Å². The quantitative estimate of drug-likeness (QED) is 0.893. The number of benzene rings is 2. The molecule has 0 heterocycles. The highest BCUT2D eigenvalue weighted by Gasteiger charge is 2.15. The van der Waals surface area contributed by atoms with E-state index in [4.69, 9.17) is 5.73 Å². The van der Waals surface area contributed by atoms with Gasteiger partial charge < -0.3 is 10.6 Å². The van der Waals surface area contributed by atoms with Crippen molar-refractivity contribution in [1.29, 1.82) is 0 Å². The number of para-hydroxylation sites is 1. The van der Waals surface area contributed by atoms with Gasteiger partial charge in [0, 0.05) is 18.3 Å². The van der Waals surface area contributed by atoms with Gasteiger partial charge in [0.25, 0.3) is 0 Å². The van der Waals surface area contributed by atoms with Crippen LogP contribution in [0.1, 0.15) is 25.0 Å². The molecule has 0 fully saturated rings. The van der Waals surface area contributed by atoms with Gasteiger partial charge >= 0.3 is 0 Å². The van der Waals surface area contributed by atoms with Crippen molar-refractivity contribution >= 4 is 11.4 Å². The molecule has 2 N–H and O–H groups in total. The summed E-state index contributed by atoms with van der Waals surface area (Å²) in [5, 5.41) is 0. The lowest BCUT2D eigenvalue weighted by Gasteiger charge is -2.27. The third-order valence-corrected chi connectivity index (χ3v) is 3.53. The average Bonchev–Trinajstić information content (AvgIpc) is 2.43. The van der Waals surface area contributed by atoms with Gasteiger partial charge in [-0.2, -0.15) is 0 Å². The van der Waals surface area contributed by atoms with Crippen molar-refractivity contribution in [2.45, 2.75) is 33.2 Å². The monoisotopic (exact) mass is 286 g/mol. The number of hydrogen-bond donors (Lipinski definition) is 1. The van der Waals surface area contributed by atoms with Gasteiger partial charge in [-0.1, -0.05) is 29.8 Å². The van der Waals surface area contributed by atoms with Crippen molar-refractivity contribution in [3.63, 3.8) is 0 Å². The summed E-state index contributed by atoms with van der Waals surface area (Å²) in [7, 11) is 0. The first-order valence-electron chi connectivity index (χ1n) is 7.40. The summed E-state index contributed by atoms with van der Waals surface area (Å²) in [5.41, 5.74) is 9.96. The van der Waals surface area contributed by atoms with Crippen molar-refractivity contribution in [1.82, 2.24) is 0 Å². The molecule has 3 heteroatoms. The van der Waals surface area contributed by atoms with Gasteiger partial charge in [0.1, 0.15) is 5.82 Å². The molecule has 2 rings (SSSR count). The van der Waals surface area contributed by atoms with Crippen molar-refractivity contribution in [3.05, 3.63) is 59.4 Å². The molecule has 21 heavy (non-hydrogen) atoms. The molecule has 2 aromatic carbocycles. The second-order valence-corrected chi connectivity index (χ2v) is 5.51. The lowest BCUT2D eigenvalue weighted by atomic mass is 10.0. The van der Waals surface area contributed by atoms with Crippen LogP contribution in [0, 0.1) is 12.7 Å². The molecule has 0 spiro atoms. The summed E-state index contributed by atoms with van der Waals surface area (Å²) in [6.07, 6.45) is 0.780. The third-order valence-electron chi connectivity index (χ3n) is 3.53. The highest BCUT2D eigenvalue weighted by molar-refractivity contribution is 5.67. The molecule has 0 aliphatic rings. The fourth-order valence-electron chi connectivity index (χ4n) is 2.63. The van der Waals surface area contributed by atoms with Gasteiger partial charge in [-0.25, -0.2) is 4.39 Å². The molecule has 1 unspecified atom stereocenters. The zero-order valence-corrected chi connectivity index (χ0v) is 12.9. The van der Waals surface area contributed by atoms with E-state index in [0.29, 0.717) is 12.2 Å². The second-order valence-electron chi connectivity index (χ2n) is 5.51. The molecule has 1 atom stereocenters. The van der Waals surface area contributed by atoms with E-state index in [9.17, 15) is 4.39 Å². The molecular formula is C18H23FN2. The lowest BCUT2D eigenvalue weighted by molar-refractivity contribution is 0.625. The van der Waals surface area contributed by atoms with Crippen LogP contribution < -0.4 is 10.6 Å². The van der Waals surface area contributed by atoms with Gasteiger partial charge in [-0.15, -0.1) is 0 Å². The Bertz CT molecular complexity index is 608. The number of aryl methyl sites for hydroxylation is 1. The largest absolute Gasteiger partial charge is 0.339 e. The van der Waals surface area contributed by atoms with Crippen LogP contribution in [-0.2, 0) is 6.42 Å². The molecule has 2 nitrogen and oxygen atoms in total. The third kappa shape index (κ3) is 3.61. The van der Waals surface area contributed by atoms with Crippen molar-refractivity contribution in [3.8, 4) is 0 Å². The van der Waals surface area contributed by atoms with Crippen molar-refractivity contribution < 1.29 is 4.39 Å². The molecule has 112 valence electrons.